The van der Waals surface area contributed by atoms with Crippen LogP contribution in [-0.2, 0) is 21.9 Å². The molecule has 0 radical (unpaired) electrons. The summed E-state index contributed by atoms with van der Waals surface area (Å²) in [5.41, 5.74) is 8.57. The predicted octanol–water partition coefficient (Wildman–Crippen LogP) is 7.66. The van der Waals surface area contributed by atoms with Crippen LogP contribution in [0.1, 0.15) is 51.6 Å². The third-order valence-corrected chi connectivity index (χ3v) is 8.88. The molecule has 3 aliphatic rings. The van der Waals surface area contributed by atoms with E-state index in [-0.39, 0.29) is 11.8 Å². The molecule has 1 aliphatic heterocycles. The standard InChI is InChI=1S/C32H27O4P/c33-37(34)35-31-27(21-11-3-1-4-12-21)19-23-15-7-9-17-25(23)29(31)30-26-18-10-8-16-24(26)20-28(32(30)36-37)22-13-5-2-6-14-22/h1-9,11-17,20,27,29,31H,10,18-19H2,(H,33,34)/t27?,29-,31?/m1/s1. The van der Waals surface area contributed by atoms with Crippen LogP contribution in [0.25, 0.3) is 17.2 Å². The van der Waals surface area contributed by atoms with E-state index < -0.39 is 13.9 Å². The van der Waals surface area contributed by atoms with Gasteiger partial charge in [-0.1, -0.05) is 97.1 Å². The fraction of sp³-hybridized carbons (Fsp3) is 0.188. The minimum Gasteiger partial charge on any atom is -0.403 e. The molecule has 0 fully saturated rings. The number of hydrogen-bond donors (Lipinski definition) is 1. The molecule has 4 atom stereocenters. The van der Waals surface area contributed by atoms with E-state index in [2.05, 4.69) is 54.6 Å². The summed E-state index contributed by atoms with van der Waals surface area (Å²) in [7, 11) is -4.42. The summed E-state index contributed by atoms with van der Waals surface area (Å²) in [6, 6.07) is 30.7. The average Bonchev–Trinajstić information content (AvgIpc) is 3.06. The van der Waals surface area contributed by atoms with E-state index in [0.717, 1.165) is 52.6 Å². The highest BCUT2D eigenvalue weighted by molar-refractivity contribution is 7.47. The van der Waals surface area contributed by atoms with Crippen LogP contribution in [0.4, 0.5) is 0 Å². The van der Waals surface area contributed by atoms with Crippen LogP contribution in [0, 0.1) is 0 Å². The highest BCUT2D eigenvalue weighted by Gasteiger charge is 2.49. The molecular formula is C32H27O4P. The van der Waals surface area contributed by atoms with Gasteiger partial charge in [0.25, 0.3) is 0 Å². The van der Waals surface area contributed by atoms with E-state index in [4.69, 9.17) is 9.05 Å². The van der Waals surface area contributed by atoms with Crippen molar-refractivity contribution >= 4 is 13.9 Å². The van der Waals surface area contributed by atoms with Crippen LogP contribution >= 0.6 is 7.82 Å². The van der Waals surface area contributed by atoms with Gasteiger partial charge in [0.1, 0.15) is 5.75 Å². The number of rotatable bonds is 2. The van der Waals surface area contributed by atoms with Gasteiger partial charge in [-0.05, 0) is 58.7 Å². The van der Waals surface area contributed by atoms with Crippen LogP contribution < -0.4 is 4.52 Å². The van der Waals surface area contributed by atoms with Crippen molar-refractivity contribution in [3.05, 3.63) is 130 Å². The number of hydrogen-bond acceptors (Lipinski definition) is 3. The maximum absolute atomic E-state index is 13.6. The number of benzene rings is 4. The molecule has 0 amide bonds. The zero-order chi connectivity index (χ0) is 25.0. The van der Waals surface area contributed by atoms with Gasteiger partial charge in [0, 0.05) is 23.0 Å². The van der Waals surface area contributed by atoms with E-state index in [0.29, 0.717) is 5.75 Å². The van der Waals surface area contributed by atoms with Crippen LogP contribution in [0.3, 0.4) is 0 Å². The lowest BCUT2D eigenvalue weighted by atomic mass is 9.67. The normalized spacial score (nSPS) is 25.6. The van der Waals surface area contributed by atoms with Gasteiger partial charge < -0.3 is 4.52 Å². The van der Waals surface area contributed by atoms with Crippen LogP contribution in [-0.4, -0.2) is 11.0 Å². The lowest BCUT2D eigenvalue weighted by molar-refractivity contribution is 0.107. The Morgan fingerprint density at radius 2 is 1.62 bits per heavy atom. The number of phosphoric acid groups is 1. The fourth-order valence-electron chi connectivity index (χ4n) is 6.41. The molecule has 184 valence electrons. The van der Waals surface area contributed by atoms with E-state index in [1.165, 1.54) is 11.1 Å². The van der Waals surface area contributed by atoms with Gasteiger partial charge in [0.15, 0.2) is 0 Å². The van der Waals surface area contributed by atoms with Gasteiger partial charge in [-0.2, -0.15) is 0 Å². The maximum atomic E-state index is 13.6. The molecule has 0 spiro atoms. The van der Waals surface area contributed by atoms with Crippen molar-refractivity contribution in [3.8, 4) is 16.9 Å². The number of phosphoric ester groups is 1. The van der Waals surface area contributed by atoms with E-state index in [9.17, 15) is 9.46 Å². The molecule has 2 aliphatic carbocycles. The first-order valence-electron chi connectivity index (χ1n) is 12.8. The Morgan fingerprint density at radius 1 is 0.892 bits per heavy atom. The quantitative estimate of drug-likeness (QED) is 0.284. The number of allylic oxidation sites excluding steroid dienone is 1. The van der Waals surface area contributed by atoms with Crippen LogP contribution in [0.15, 0.2) is 97.1 Å². The van der Waals surface area contributed by atoms with E-state index in [1.807, 2.05) is 48.5 Å². The van der Waals surface area contributed by atoms with Crippen molar-refractivity contribution in [1.82, 2.24) is 0 Å². The molecule has 5 heteroatoms. The van der Waals surface area contributed by atoms with Gasteiger partial charge in [0.2, 0.25) is 0 Å². The van der Waals surface area contributed by atoms with Gasteiger partial charge in [-0.15, -0.1) is 0 Å². The van der Waals surface area contributed by atoms with Crippen molar-refractivity contribution in [2.24, 2.45) is 0 Å². The third-order valence-electron chi connectivity index (χ3n) is 7.96. The maximum Gasteiger partial charge on any atom is 0.527 e. The molecule has 0 saturated heterocycles. The molecule has 7 rings (SSSR count). The summed E-state index contributed by atoms with van der Waals surface area (Å²) in [5.74, 6) is 0.144. The molecule has 4 nitrogen and oxygen atoms in total. The summed E-state index contributed by atoms with van der Waals surface area (Å²) in [6.45, 7) is 0. The van der Waals surface area contributed by atoms with E-state index in [1.54, 1.807) is 0 Å². The third kappa shape index (κ3) is 3.88. The summed E-state index contributed by atoms with van der Waals surface area (Å²) < 4.78 is 25.8. The summed E-state index contributed by atoms with van der Waals surface area (Å²) in [5, 5.41) is 0. The first kappa shape index (κ1) is 22.7. The Labute approximate surface area is 216 Å². The molecule has 0 aromatic heterocycles. The Bertz CT molecular complexity index is 1560. The SMILES string of the molecule is O=P1(O)Oc2c(-c3ccccc3)cc3c(c2[C@H]2c4ccccc4CC(c4ccccc4)C2O1)CCC=C3. The van der Waals surface area contributed by atoms with Crippen molar-refractivity contribution in [2.45, 2.75) is 37.2 Å². The lowest BCUT2D eigenvalue weighted by Gasteiger charge is -2.39. The molecular weight excluding hydrogens is 479 g/mol. The minimum absolute atomic E-state index is 0.0914. The average molecular weight is 507 g/mol. The molecule has 1 heterocycles. The molecule has 4 aromatic rings. The second-order valence-electron chi connectivity index (χ2n) is 10.1. The molecule has 3 unspecified atom stereocenters. The Kier molecular flexibility index (Phi) is 5.44. The van der Waals surface area contributed by atoms with Gasteiger partial charge in [0.05, 0.1) is 6.10 Å². The summed E-state index contributed by atoms with van der Waals surface area (Å²) in [6.07, 6.45) is 6.33. The lowest BCUT2D eigenvalue weighted by Crippen LogP contribution is -2.35. The van der Waals surface area contributed by atoms with Gasteiger partial charge in [-0.3, -0.25) is 9.42 Å². The van der Waals surface area contributed by atoms with Crippen molar-refractivity contribution in [1.29, 1.82) is 0 Å². The smallest absolute Gasteiger partial charge is 0.403 e. The summed E-state index contributed by atoms with van der Waals surface area (Å²) >= 11 is 0. The van der Waals surface area contributed by atoms with Crippen LogP contribution in [0.5, 0.6) is 5.75 Å². The summed E-state index contributed by atoms with van der Waals surface area (Å²) in [4.78, 5) is 11.1. The zero-order valence-corrected chi connectivity index (χ0v) is 21.2. The van der Waals surface area contributed by atoms with Gasteiger partial charge >= 0.3 is 7.82 Å². The predicted molar refractivity (Wildman–Crippen MR) is 146 cm³/mol. The van der Waals surface area contributed by atoms with Crippen LogP contribution in [0.2, 0.25) is 0 Å². The highest BCUT2D eigenvalue weighted by Crippen LogP contribution is 2.61. The number of fused-ring (bicyclic) bond motifs is 7. The van der Waals surface area contributed by atoms with Crippen molar-refractivity contribution in [3.63, 3.8) is 0 Å². The first-order valence-corrected chi connectivity index (χ1v) is 14.3. The molecule has 37 heavy (non-hydrogen) atoms. The topological polar surface area (TPSA) is 55.8 Å². The van der Waals surface area contributed by atoms with E-state index >= 15 is 0 Å². The molecule has 4 aromatic carbocycles. The second-order valence-corrected chi connectivity index (χ2v) is 11.4. The van der Waals surface area contributed by atoms with Crippen molar-refractivity contribution in [2.75, 3.05) is 0 Å². The monoisotopic (exact) mass is 506 g/mol. The largest absolute Gasteiger partial charge is 0.527 e. The fourth-order valence-corrected chi connectivity index (χ4v) is 7.46. The second kappa shape index (κ2) is 8.85. The first-order chi connectivity index (χ1) is 18.1. The Balaban J connectivity index is 1.56. The molecule has 1 N–H and O–H groups in total. The molecule has 0 saturated carbocycles. The highest BCUT2D eigenvalue weighted by atomic mass is 31.2. The zero-order valence-electron chi connectivity index (χ0n) is 20.3. The van der Waals surface area contributed by atoms with Gasteiger partial charge in [-0.25, -0.2) is 4.57 Å². The molecule has 0 bridgehead atoms. The Morgan fingerprint density at radius 3 is 2.43 bits per heavy atom. The minimum atomic E-state index is -4.42. The van der Waals surface area contributed by atoms with Crippen molar-refractivity contribution < 1.29 is 18.5 Å². The Hall–Kier alpha value is -3.43.